The van der Waals surface area contributed by atoms with E-state index in [0.29, 0.717) is 5.56 Å². The molecular formula is C26H26BrFN4O2. The molecule has 0 atom stereocenters. The molecular weight excluding hydrogens is 499 g/mol. The Hall–Kier alpha value is -3.23. The lowest BCUT2D eigenvalue weighted by atomic mass is 10.1. The van der Waals surface area contributed by atoms with Gasteiger partial charge >= 0.3 is 0 Å². The van der Waals surface area contributed by atoms with Crippen molar-refractivity contribution in [3.05, 3.63) is 93.7 Å². The van der Waals surface area contributed by atoms with Crippen molar-refractivity contribution in [3.8, 4) is 5.75 Å². The fraction of sp³-hybridized carbons (Fsp3) is 0.231. The molecule has 0 bridgehead atoms. The molecule has 8 heteroatoms. The molecule has 0 radical (unpaired) electrons. The van der Waals surface area contributed by atoms with Gasteiger partial charge in [-0.25, -0.2) is 9.82 Å². The van der Waals surface area contributed by atoms with Gasteiger partial charge in [0.2, 0.25) is 0 Å². The molecule has 1 amide bonds. The van der Waals surface area contributed by atoms with Crippen molar-refractivity contribution in [1.29, 1.82) is 0 Å². The Kier molecular flexibility index (Phi) is 7.92. The highest BCUT2D eigenvalue weighted by Gasteiger charge is 2.19. The molecule has 0 saturated carbocycles. The number of rotatable bonds is 7. The topological polar surface area (TPSA) is 57.2 Å². The van der Waals surface area contributed by atoms with E-state index in [1.807, 2.05) is 42.5 Å². The SMILES string of the molecule is COc1ccc(C=NNC(=O)c2ccc(Br)cc2)cc1CN1CCN(c2ccc(F)cc2)CC1. The number of carbonyl (C=O) groups is 1. The summed E-state index contributed by atoms with van der Waals surface area (Å²) in [5.74, 6) is 0.333. The monoisotopic (exact) mass is 524 g/mol. The Morgan fingerprint density at radius 3 is 2.44 bits per heavy atom. The highest BCUT2D eigenvalue weighted by molar-refractivity contribution is 9.10. The second-order valence-electron chi connectivity index (χ2n) is 8.02. The minimum atomic E-state index is -0.267. The molecule has 0 spiro atoms. The summed E-state index contributed by atoms with van der Waals surface area (Å²) in [7, 11) is 1.66. The molecule has 34 heavy (non-hydrogen) atoms. The quantitative estimate of drug-likeness (QED) is 0.360. The largest absolute Gasteiger partial charge is 0.496 e. The van der Waals surface area contributed by atoms with Crippen LogP contribution in [0.15, 0.2) is 76.3 Å². The molecule has 1 fully saturated rings. The van der Waals surface area contributed by atoms with E-state index >= 15 is 0 Å². The van der Waals surface area contributed by atoms with Crippen molar-refractivity contribution in [2.45, 2.75) is 6.54 Å². The summed E-state index contributed by atoms with van der Waals surface area (Å²) < 4.78 is 19.7. The summed E-state index contributed by atoms with van der Waals surface area (Å²) in [5.41, 5.74) is 6.07. The maximum Gasteiger partial charge on any atom is 0.271 e. The molecule has 0 unspecified atom stereocenters. The summed E-state index contributed by atoms with van der Waals surface area (Å²) >= 11 is 3.36. The summed E-state index contributed by atoms with van der Waals surface area (Å²) in [6, 6.07) is 19.6. The maximum atomic E-state index is 13.2. The highest BCUT2D eigenvalue weighted by atomic mass is 79.9. The van der Waals surface area contributed by atoms with Gasteiger partial charge in [0.05, 0.1) is 13.3 Å². The zero-order valence-electron chi connectivity index (χ0n) is 18.9. The lowest BCUT2D eigenvalue weighted by Crippen LogP contribution is -2.46. The van der Waals surface area contributed by atoms with Gasteiger partial charge in [0.1, 0.15) is 11.6 Å². The van der Waals surface area contributed by atoms with Crippen molar-refractivity contribution >= 4 is 33.7 Å². The minimum Gasteiger partial charge on any atom is -0.496 e. The number of carbonyl (C=O) groups excluding carboxylic acids is 1. The summed E-state index contributed by atoms with van der Waals surface area (Å²) in [5, 5.41) is 4.11. The zero-order chi connectivity index (χ0) is 23.9. The van der Waals surface area contributed by atoms with Gasteiger partial charge in [-0.2, -0.15) is 5.10 Å². The molecule has 0 aromatic heterocycles. The van der Waals surface area contributed by atoms with Crippen LogP contribution in [0.25, 0.3) is 0 Å². The first kappa shape index (κ1) is 23.9. The number of methoxy groups -OCH3 is 1. The van der Waals surface area contributed by atoms with Crippen LogP contribution >= 0.6 is 15.9 Å². The average Bonchev–Trinajstić information content (AvgIpc) is 2.86. The van der Waals surface area contributed by atoms with Gasteiger partial charge < -0.3 is 9.64 Å². The van der Waals surface area contributed by atoms with Gasteiger partial charge in [-0.1, -0.05) is 15.9 Å². The molecule has 3 aromatic carbocycles. The first-order chi connectivity index (χ1) is 16.5. The van der Waals surface area contributed by atoms with Crippen molar-refractivity contribution in [2.24, 2.45) is 5.10 Å². The highest BCUT2D eigenvalue weighted by Crippen LogP contribution is 2.23. The van der Waals surface area contributed by atoms with Crippen LogP contribution in [0, 0.1) is 5.82 Å². The predicted octanol–water partition coefficient (Wildman–Crippen LogP) is 4.68. The lowest BCUT2D eigenvalue weighted by molar-refractivity contribution is 0.0955. The Bertz CT molecular complexity index is 1140. The molecule has 6 nitrogen and oxygen atoms in total. The van der Waals surface area contributed by atoms with E-state index in [-0.39, 0.29) is 11.7 Å². The summed E-state index contributed by atoms with van der Waals surface area (Å²) in [6.07, 6.45) is 1.63. The number of nitrogens with one attached hydrogen (secondary N) is 1. The van der Waals surface area contributed by atoms with Crippen molar-refractivity contribution in [3.63, 3.8) is 0 Å². The number of amides is 1. The number of hydrazone groups is 1. The summed E-state index contributed by atoms with van der Waals surface area (Å²) in [6.45, 7) is 4.27. The van der Waals surface area contributed by atoms with Crippen LogP contribution in [-0.2, 0) is 6.54 Å². The molecule has 176 valence electrons. The van der Waals surface area contributed by atoms with Crippen molar-refractivity contribution < 1.29 is 13.9 Å². The number of hydrogen-bond donors (Lipinski definition) is 1. The van der Waals surface area contributed by atoms with Crippen LogP contribution in [0.1, 0.15) is 21.5 Å². The molecule has 1 aliphatic heterocycles. The van der Waals surface area contributed by atoms with Gasteiger partial charge in [0.15, 0.2) is 0 Å². The predicted molar refractivity (Wildman–Crippen MR) is 136 cm³/mol. The number of anilines is 1. The fourth-order valence-corrected chi connectivity index (χ4v) is 4.15. The van der Waals surface area contributed by atoms with E-state index in [9.17, 15) is 9.18 Å². The van der Waals surface area contributed by atoms with Gasteiger partial charge in [-0.3, -0.25) is 9.69 Å². The molecule has 0 aliphatic carbocycles. The number of halogens is 2. The van der Waals surface area contributed by atoms with E-state index in [1.165, 1.54) is 12.1 Å². The standard InChI is InChI=1S/C26H26BrFN4O2/c1-34-25-11-2-19(17-29-30-26(33)20-3-5-22(27)6-4-20)16-21(25)18-31-12-14-32(15-13-31)24-9-7-23(28)8-10-24/h2-11,16-17H,12-15,18H2,1H3,(H,30,33). The van der Waals surface area contributed by atoms with Crippen LogP contribution in [0.2, 0.25) is 0 Å². The van der Waals surface area contributed by atoms with E-state index in [0.717, 1.165) is 59.8 Å². The number of nitrogens with zero attached hydrogens (tertiary/aromatic N) is 3. The average molecular weight is 525 g/mol. The number of piperazine rings is 1. The number of benzene rings is 3. The second-order valence-corrected chi connectivity index (χ2v) is 8.93. The summed E-state index contributed by atoms with van der Waals surface area (Å²) in [4.78, 5) is 16.9. The van der Waals surface area contributed by atoms with Crippen LogP contribution in [-0.4, -0.2) is 50.3 Å². The number of hydrogen-bond acceptors (Lipinski definition) is 5. The third kappa shape index (κ3) is 6.21. The first-order valence-electron chi connectivity index (χ1n) is 11.0. The molecule has 1 heterocycles. The fourth-order valence-electron chi connectivity index (χ4n) is 3.89. The molecule has 1 saturated heterocycles. The van der Waals surface area contributed by atoms with Crippen molar-refractivity contribution in [1.82, 2.24) is 10.3 Å². The van der Waals surface area contributed by atoms with Gasteiger partial charge in [-0.15, -0.1) is 0 Å². The third-order valence-corrected chi connectivity index (χ3v) is 6.28. The smallest absolute Gasteiger partial charge is 0.271 e. The Morgan fingerprint density at radius 2 is 1.76 bits per heavy atom. The van der Waals surface area contributed by atoms with Gasteiger partial charge in [0.25, 0.3) is 5.91 Å². The lowest BCUT2D eigenvalue weighted by Gasteiger charge is -2.36. The molecule has 1 aliphatic rings. The maximum absolute atomic E-state index is 13.2. The van der Waals surface area contributed by atoms with E-state index in [4.69, 9.17) is 4.74 Å². The Labute approximate surface area is 207 Å². The van der Waals surface area contributed by atoms with Gasteiger partial charge in [0, 0.05) is 54.0 Å². The van der Waals surface area contributed by atoms with E-state index in [1.54, 1.807) is 25.5 Å². The van der Waals surface area contributed by atoms with Crippen LogP contribution < -0.4 is 15.1 Å². The number of ether oxygens (including phenoxy) is 1. The normalized spacial score (nSPS) is 14.4. The second kappa shape index (κ2) is 11.3. The molecule has 4 rings (SSSR count). The van der Waals surface area contributed by atoms with Crippen molar-refractivity contribution in [2.75, 3.05) is 38.2 Å². The van der Waals surface area contributed by atoms with E-state index in [2.05, 4.69) is 36.3 Å². The van der Waals surface area contributed by atoms with Crippen LogP contribution in [0.3, 0.4) is 0 Å². The van der Waals surface area contributed by atoms with Crippen LogP contribution in [0.5, 0.6) is 5.75 Å². The first-order valence-corrected chi connectivity index (χ1v) is 11.8. The Morgan fingerprint density at radius 1 is 1.06 bits per heavy atom. The zero-order valence-corrected chi connectivity index (χ0v) is 20.5. The van der Waals surface area contributed by atoms with E-state index < -0.39 is 0 Å². The van der Waals surface area contributed by atoms with Gasteiger partial charge in [-0.05, 0) is 72.3 Å². The Balaban J connectivity index is 1.35. The third-order valence-electron chi connectivity index (χ3n) is 5.75. The van der Waals surface area contributed by atoms with Crippen LogP contribution in [0.4, 0.5) is 10.1 Å². The minimum absolute atomic E-state index is 0.217. The molecule has 3 aromatic rings. The molecule has 1 N–H and O–H groups in total.